The van der Waals surface area contributed by atoms with Crippen molar-refractivity contribution in [1.82, 2.24) is 9.88 Å². The molecule has 5 nitrogen and oxygen atoms in total. The van der Waals surface area contributed by atoms with E-state index in [4.69, 9.17) is 0 Å². The van der Waals surface area contributed by atoms with Gasteiger partial charge in [-0.3, -0.25) is 9.89 Å². The van der Waals surface area contributed by atoms with Crippen LogP contribution in [0, 0.1) is 0 Å². The van der Waals surface area contributed by atoms with Crippen LogP contribution in [-0.4, -0.2) is 53.4 Å². The van der Waals surface area contributed by atoms with Crippen molar-refractivity contribution in [3.8, 4) is 5.88 Å². The molecule has 0 spiro atoms. The number of nitrogens with one attached hydrogen (secondary N) is 1. The van der Waals surface area contributed by atoms with Gasteiger partial charge in [-0.05, 0) is 49.8 Å². The number of benzene rings is 2. The van der Waals surface area contributed by atoms with Gasteiger partial charge in [-0.2, -0.15) is 0 Å². The summed E-state index contributed by atoms with van der Waals surface area (Å²) < 4.78 is 0. The zero-order chi connectivity index (χ0) is 19.5. The minimum atomic E-state index is 0.154. The fraction of sp³-hybridized carbons (Fsp3) is 0.348. The molecule has 4 rings (SSSR count). The summed E-state index contributed by atoms with van der Waals surface area (Å²) >= 11 is 0. The third-order valence-corrected chi connectivity index (χ3v) is 5.78. The molecule has 2 N–H and O–H groups in total. The fourth-order valence-electron chi connectivity index (χ4n) is 4.18. The second-order valence-electron chi connectivity index (χ2n) is 7.32. The second kappa shape index (κ2) is 8.07. The molecule has 28 heavy (non-hydrogen) atoms. The molecule has 0 saturated carbocycles. The molecule has 3 aromatic rings. The fourth-order valence-corrected chi connectivity index (χ4v) is 4.18. The molecule has 0 amide bonds. The van der Waals surface area contributed by atoms with E-state index in [9.17, 15) is 5.11 Å². The lowest BCUT2D eigenvalue weighted by Gasteiger charge is -2.26. The highest BCUT2D eigenvalue weighted by Crippen LogP contribution is 2.28. The minimum absolute atomic E-state index is 0.154. The maximum absolute atomic E-state index is 10.2. The summed E-state index contributed by atoms with van der Waals surface area (Å²) in [6.45, 7) is 8.90. The first-order valence-corrected chi connectivity index (χ1v) is 10.1. The van der Waals surface area contributed by atoms with Crippen molar-refractivity contribution in [2.45, 2.75) is 26.3 Å². The van der Waals surface area contributed by atoms with Crippen LogP contribution in [0.4, 0.5) is 11.4 Å². The lowest BCUT2D eigenvalue weighted by atomic mass is 10.2. The summed E-state index contributed by atoms with van der Waals surface area (Å²) in [5.74, 6) is 0.154. The van der Waals surface area contributed by atoms with Crippen molar-refractivity contribution >= 4 is 28.5 Å². The zero-order valence-corrected chi connectivity index (χ0v) is 16.6. The molecule has 1 aliphatic rings. The van der Waals surface area contributed by atoms with Crippen molar-refractivity contribution in [2.24, 2.45) is 4.99 Å². The van der Waals surface area contributed by atoms with E-state index in [1.807, 2.05) is 36.4 Å². The Kier molecular flexibility index (Phi) is 5.35. The molecular weight excluding hydrogens is 348 g/mol. The van der Waals surface area contributed by atoms with E-state index in [0.29, 0.717) is 6.04 Å². The quantitative estimate of drug-likeness (QED) is 0.621. The Morgan fingerprint density at radius 2 is 1.89 bits per heavy atom. The molecular formula is C23H28N4O. The summed E-state index contributed by atoms with van der Waals surface area (Å²) in [6.07, 6.45) is 2.96. The van der Waals surface area contributed by atoms with Crippen LogP contribution in [0.5, 0.6) is 5.88 Å². The van der Waals surface area contributed by atoms with Crippen LogP contribution in [0.15, 0.2) is 53.5 Å². The number of hydrogen-bond acceptors (Lipinski definition) is 4. The number of likely N-dealkylation sites (N-methyl/N-ethyl adjacent to an activating group) is 1. The summed E-state index contributed by atoms with van der Waals surface area (Å²) in [5, 5.41) is 11.1. The number of anilines is 1. The molecule has 1 fully saturated rings. The van der Waals surface area contributed by atoms with Gasteiger partial charge in [-0.15, -0.1) is 0 Å². The smallest absolute Gasteiger partial charge is 0.198 e. The number of hydrogen-bond donors (Lipinski definition) is 2. The molecule has 1 atom stereocenters. The Hall–Kier alpha value is -2.79. The highest BCUT2D eigenvalue weighted by molar-refractivity contribution is 6.02. The monoisotopic (exact) mass is 376 g/mol. The molecule has 2 aromatic carbocycles. The van der Waals surface area contributed by atoms with Gasteiger partial charge in [0.15, 0.2) is 5.88 Å². The van der Waals surface area contributed by atoms with Crippen molar-refractivity contribution in [1.29, 1.82) is 0 Å². The SMILES string of the molecule is CCN(CC)C1CCN(c2ccc(N=Cc3c(O)[nH]c4ccccc34)cc2)C1. The van der Waals surface area contributed by atoms with E-state index in [-0.39, 0.29) is 5.88 Å². The Bertz CT molecular complexity index is 956. The average Bonchev–Trinajstić information content (AvgIpc) is 3.32. The van der Waals surface area contributed by atoms with Gasteiger partial charge in [0.1, 0.15) is 0 Å². The van der Waals surface area contributed by atoms with E-state index in [1.54, 1.807) is 6.21 Å². The van der Waals surface area contributed by atoms with Crippen molar-refractivity contribution in [3.05, 3.63) is 54.1 Å². The maximum Gasteiger partial charge on any atom is 0.198 e. The molecule has 0 aliphatic carbocycles. The summed E-state index contributed by atoms with van der Waals surface area (Å²) in [7, 11) is 0. The summed E-state index contributed by atoms with van der Waals surface area (Å²) in [6, 6.07) is 16.9. The number of aromatic amines is 1. The topological polar surface area (TPSA) is 54.9 Å². The zero-order valence-electron chi connectivity index (χ0n) is 16.6. The first-order valence-electron chi connectivity index (χ1n) is 10.1. The Morgan fingerprint density at radius 1 is 1.14 bits per heavy atom. The summed E-state index contributed by atoms with van der Waals surface area (Å²) in [4.78, 5) is 12.6. The molecule has 0 bridgehead atoms. The maximum atomic E-state index is 10.2. The average molecular weight is 377 g/mol. The molecule has 1 saturated heterocycles. The van der Waals surface area contributed by atoms with Gasteiger partial charge in [-0.25, -0.2) is 0 Å². The van der Waals surface area contributed by atoms with Gasteiger partial charge in [0.05, 0.1) is 11.3 Å². The second-order valence-corrected chi connectivity index (χ2v) is 7.32. The number of fused-ring (bicyclic) bond motifs is 1. The number of para-hydroxylation sites is 1. The number of nitrogens with zero attached hydrogens (tertiary/aromatic N) is 3. The van der Waals surface area contributed by atoms with Crippen LogP contribution in [0.3, 0.4) is 0 Å². The predicted molar refractivity (Wildman–Crippen MR) is 117 cm³/mol. The Balaban J connectivity index is 1.47. The lowest BCUT2D eigenvalue weighted by Crippen LogP contribution is -2.37. The van der Waals surface area contributed by atoms with E-state index >= 15 is 0 Å². The Morgan fingerprint density at radius 3 is 2.64 bits per heavy atom. The molecule has 146 valence electrons. The molecule has 1 aliphatic heterocycles. The van der Waals surface area contributed by atoms with Crippen LogP contribution in [0.25, 0.3) is 10.9 Å². The predicted octanol–water partition coefficient (Wildman–Crippen LogP) is 4.54. The largest absolute Gasteiger partial charge is 0.494 e. The lowest BCUT2D eigenvalue weighted by molar-refractivity contribution is 0.232. The molecule has 0 radical (unpaired) electrons. The number of rotatable bonds is 6. The van der Waals surface area contributed by atoms with Crippen LogP contribution >= 0.6 is 0 Å². The Labute approximate surface area is 166 Å². The van der Waals surface area contributed by atoms with E-state index in [2.05, 4.69) is 45.8 Å². The van der Waals surface area contributed by atoms with Gasteiger partial charge < -0.3 is 15.0 Å². The molecule has 2 heterocycles. The number of aromatic hydroxyl groups is 1. The highest BCUT2D eigenvalue weighted by atomic mass is 16.3. The minimum Gasteiger partial charge on any atom is -0.494 e. The van der Waals surface area contributed by atoms with E-state index < -0.39 is 0 Å². The normalized spacial score (nSPS) is 17.4. The van der Waals surface area contributed by atoms with Crippen molar-refractivity contribution in [2.75, 3.05) is 31.1 Å². The van der Waals surface area contributed by atoms with Gasteiger partial charge in [0, 0.05) is 41.9 Å². The number of H-pyrrole nitrogens is 1. The number of aliphatic imine (C=N–C) groups is 1. The first-order chi connectivity index (χ1) is 13.7. The van der Waals surface area contributed by atoms with Crippen LogP contribution < -0.4 is 4.90 Å². The van der Waals surface area contributed by atoms with Crippen molar-refractivity contribution in [3.63, 3.8) is 0 Å². The third-order valence-electron chi connectivity index (χ3n) is 5.78. The molecule has 1 aromatic heterocycles. The van der Waals surface area contributed by atoms with Gasteiger partial charge in [-0.1, -0.05) is 32.0 Å². The molecule has 5 heteroatoms. The van der Waals surface area contributed by atoms with E-state index in [1.165, 1.54) is 12.1 Å². The van der Waals surface area contributed by atoms with Gasteiger partial charge in [0.25, 0.3) is 0 Å². The third kappa shape index (κ3) is 3.62. The highest BCUT2D eigenvalue weighted by Gasteiger charge is 2.26. The van der Waals surface area contributed by atoms with Crippen molar-refractivity contribution < 1.29 is 5.11 Å². The van der Waals surface area contributed by atoms with Crippen LogP contribution in [0.2, 0.25) is 0 Å². The van der Waals surface area contributed by atoms with Gasteiger partial charge >= 0.3 is 0 Å². The standard InChI is InChI=1S/C23H28N4O/c1-3-26(4-2)19-13-14-27(16-19)18-11-9-17(10-12-18)24-15-21-20-7-5-6-8-22(20)25-23(21)28/h5-12,15,19,25,28H,3-4,13-14,16H2,1-2H3. The van der Waals surface area contributed by atoms with Crippen LogP contribution in [0.1, 0.15) is 25.8 Å². The number of aromatic nitrogens is 1. The summed E-state index contributed by atoms with van der Waals surface area (Å²) in [5.41, 5.74) is 3.77. The molecule has 1 unspecified atom stereocenters. The van der Waals surface area contributed by atoms with Crippen LogP contribution in [-0.2, 0) is 0 Å². The van der Waals surface area contributed by atoms with Gasteiger partial charge in [0.2, 0.25) is 0 Å². The van der Waals surface area contributed by atoms with E-state index in [0.717, 1.165) is 48.3 Å². The first kappa shape index (κ1) is 18.6.